The van der Waals surface area contributed by atoms with Crippen molar-refractivity contribution < 1.29 is 17.4 Å². The number of carbonyl (C=O) groups excluding carboxylic acids is 1. The van der Waals surface area contributed by atoms with Crippen molar-refractivity contribution in [3.63, 3.8) is 0 Å². The second-order valence-corrected chi connectivity index (χ2v) is 12.0. The molecule has 1 atom stereocenters. The number of hydrogen-bond donors (Lipinski definition) is 0. The standard InChI is InChI=1S/C21H22N2O4S4/c1-5-23-19(24)18(20-22(3)16-8-6-7-9-17(16)29-20)30-21(23,28-4)27-31(25,26)15-12-10-14(2)11-13-15/h6-13H,5H2,1-4H3. The lowest BCUT2D eigenvalue weighted by Gasteiger charge is -2.33. The van der Waals surface area contributed by atoms with Gasteiger partial charge in [0.25, 0.3) is 10.3 Å². The maximum Gasteiger partial charge on any atom is 0.300 e. The van der Waals surface area contributed by atoms with Gasteiger partial charge in [-0.05, 0) is 56.1 Å². The van der Waals surface area contributed by atoms with Crippen molar-refractivity contribution in [2.45, 2.75) is 28.0 Å². The molecule has 1 fully saturated rings. The van der Waals surface area contributed by atoms with Crippen molar-refractivity contribution in [3.05, 3.63) is 64.0 Å². The second-order valence-electron chi connectivity index (χ2n) is 6.99. The fraction of sp³-hybridized carbons (Fsp3) is 0.286. The summed E-state index contributed by atoms with van der Waals surface area (Å²) in [5.74, 6) is -0.233. The molecule has 1 amide bonds. The lowest BCUT2D eigenvalue weighted by atomic mass is 10.2. The predicted octanol–water partition coefficient (Wildman–Crippen LogP) is 4.68. The minimum Gasteiger partial charge on any atom is -0.337 e. The summed E-state index contributed by atoms with van der Waals surface area (Å²) in [6.07, 6.45) is 1.75. The van der Waals surface area contributed by atoms with Crippen molar-refractivity contribution in [1.29, 1.82) is 0 Å². The molecular weight excluding hydrogens is 473 g/mol. The Balaban J connectivity index is 1.74. The molecular formula is C21H22N2O4S4. The summed E-state index contributed by atoms with van der Waals surface area (Å²) < 4.78 is 30.5. The summed E-state index contributed by atoms with van der Waals surface area (Å²) >= 11 is 3.85. The van der Waals surface area contributed by atoms with Crippen LogP contribution in [0.3, 0.4) is 0 Å². The molecule has 2 aliphatic heterocycles. The molecule has 0 saturated carbocycles. The molecule has 1 unspecified atom stereocenters. The minimum absolute atomic E-state index is 0.0662. The average molecular weight is 495 g/mol. The van der Waals surface area contributed by atoms with E-state index in [1.807, 2.05) is 50.1 Å². The van der Waals surface area contributed by atoms with Gasteiger partial charge in [-0.15, -0.1) is 0 Å². The van der Waals surface area contributed by atoms with Crippen LogP contribution in [0, 0.1) is 6.92 Å². The van der Waals surface area contributed by atoms with Gasteiger partial charge in [-0.1, -0.05) is 53.4 Å². The smallest absolute Gasteiger partial charge is 0.300 e. The quantitative estimate of drug-likeness (QED) is 0.337. The van der Waals surface area contributed by atoms with Gasteiger partial charge in [0.15, 0.2) is 0 Å². The van der Waals surface area contributed by atoms with Crippen LogP contribution in [0.5, 0.6) is 0 Å². The number of fused-ring (bicyclic) bond motifs is 1. The van der Waals surface area contributed by atoms with E-state index in [2.05, 4.69) is 0 Å². The maximum absolute atomic E-state index is 13.4. The average Bonchev–Trinajstić information content (AvgIpc) is 3.22. The largest absolute Gasteiger partial charge is 0.337 e. The third-order valence-electron chi connectivity index (χ3n) is 5.03. The van der Waals surface area contributed by atoms with Gasteiger partial charge in [0, 0.05) is 18.5 Å². The summed E-state index contributed by atoms with van der Waals surface area (Å²) in [4.78, 5) is 18.4. The fourth-order valence-electron chi connectivity index (χ4n) is 3.39. The van der Waals surface area contributed by atoms with Gasteiger partial charge >= 0.3 is 10.1 Å². The van der Waals surface area contributed by atoms with Gasteiger partial charge in [0.05, 0.1) is 15.6 Å². The molecule has 2 aromatic rings. The number of rotatable bonds is 5. The SMILES string of the molecule is CCN1C(=O)C(=C2Sc3ccccc3N2C)SC1(OS(=O)(=O)c1ccc(C)cc1)SC. The predicted molar refractivity (Wildman–Crippen MR) is 128 cm³/mol. The Morgan fingerprint density at radius 2 is 1.81 bits per heavy atom. The maximum atomic E-state index is 13.4. The number of likely N-dealkylation sites (N-methyl/N-ethyl adjacent to an activating group) is 1. The van der Waals surface area contributed by atoms with Crippen molar-refractivity contribution >= 4 is 57.0 Å². The summed E-state index contributed by atoms with van der Waals surface area (Å²) in [6.45, 7) is 4.02. The number of hydrogen-bond acceptors (Lipinski definition) is 8. The van der Waals surface area contributed by atoms with Crippen LogP contribution in [0.1, 0.15) is 12.5 Å². The normalized spacial score (nSPS) is 23.5. The third-order valence-corrected chi connectivity index (χ3v) is 10.6. The molecule has 0 bridgehead atoms. The summed E-state index contributed by atoms with van der Waals surface area (Å²) in [7, 11) is -2.18. The Kier molecular flexibility index (Phi) is 6.12. The number of nitrogens with zero attached hydrogens (tertiary/aromatic N) is 2. The molecule has 0 spiro atoms. The van der Waals surface area contributed by atoms with Gasteiger partial charge in [-0.2, -0.15) is 8.42 Å². The zero-order valence-electron chi connectivity index (χ0n) is 17.5. The first-order chi connectivity index (χ1) is 14.7. The molecule has 1 saturated heterocycles. The Morgan fingerprint density at radius 1 is 1.13 bits per heavy atom. The molecule has 0 aromatic heterocycles. The van der Waals surface area contributed by atoms with E-state index in [0.29, 0.717) is 11.4 Å². The van der Waals surface area contributed by atoms with Gasteiger partial charge < -0.3 is 4.90 Å². The summed E-state index contributed by atoms with van der Waals surface area (Å²) in [5.41, 5.74) is 1.97. The van der Waals surface area contributed by atoms with Crippen molar-refractivity contribution in [2.75, 3.05) is 24.7 Å². The molecule has 2 heterocycles. The Labute approximate surface area is 195 Å². The molecule has 2 aliphatic rings. The number of thioether (sulfide) groups is 3. The highest BCUT2D eigenvalue weighted by Crippen LogP contribution is 2.57. The number of aryl methyl sites for hydroxylation is 1. The van der Waals surface area contributed by atoms with Gasteiger partial charge in [0.1, 0.15) is 4.91 Å². The first-order valence-electron chi connectivity index (χ1n) is 9.55. The van der Waals surface area contributed by atoms with Crippen LogP contribution >= 0.6 is 35.3 Å². The van der Waals surface area contributed by atoms with E-state index < -0.39 is 14.5 Å². The highest BCUT2D eigenvalue weighted by Gasteiger charge is 2.54. The van der Waals surface area contributed by atoms with E-state index in [1.54, 1.807) is 18.4 Å². The van der Waals surface area contributed by atoms with Crippen molar-refractivity contribution in [1.82, 2.24) is 4.90 Å². The van der Waals surface area contributed by atoms with Crippen LogP contribution in [-0.2, 0) is 19.1 Å². The van der Waals surface area contributed by atoms with E-state index in [1.165, 1.54) is 40.6 Å². The van der Waals surface area contributed by atoms with E-state index in [9.17, 15) is 13.2 Å². The number of benzene rings is 2. The summed E-state index contributed by atoms with van der Waals surface area (Å²) in [6, 6.07) is 14.4. The van der Waals surface area contributed by atoms with Gasteiger partial charge in [0.2, 0.25) is 0 Å². The first kappa shape index (κ1) is 22.6. The second kappa shape index (κ2) is 8.40. The third kappa shape index (κ3) is 3.89. The van der Waals surface area contributed by atoms with Crippen LogP contribution in [-0.4, -0.2) is 43.5 Å². The molecule has 4 rings (SSSR count). The minimum atomic E-state index is -4.09. The van der Waals surface area contributed by atoms with Gasteiger partial charge in [-0.3, -0.25) is 9.69 Å². The zero-order chi connectivity index (χ0) is 22.4. The van der Waals surface area contributed by atoms with E-state index in [0.717, 1.165) is 32.9 Å². The number of amides is 1. The fourth-order valence-corrected chi connectivity index (χ4v) is 8.61. The number of carbonyl (C=O) groups is 1. The topological polar surface area (TPSA) is 66.9 Å². The Hall–Kier alpha value is -1.59. The Bertz CT molecular complexity index is 1160. The lowest BCUT2D eigenvalue weighted by Crippen LogP contribution is -2.44. The van der Waals surface area contributed by atoms with E-state index >= 15 is 0 Å². The molecule has 0 N–H and O–H groups in total. The lowest BCUT2D eigenvalue weighted by molar-refractivity contribution is -0.130. The molecule has 31 heavy (non-hydrogen) atoms. The molecule has 164 valence electrons. The van der Waals surface area contributed by atoms with Crippen LogP contribution in [0.4, 0.5) is 5.69 Å². The molecule has 6 nitrogen and oxygen atoms in total. The monoisotopic (exact) mass is 494 g/mol. The Morgan fingerprint density at radius 3 is 2.42 bits per heavy atom. The van der Waals surface area contributed by atoms with E-state index in [4.69, 9.17) is 4.18 Å². The van der Waals surface area contributed by atoms with Crippen LogP contribution in [0.15, 0.2) is 68.3 Å². The molecule has 0 radical (unpaired) electrons. The zero-order valence-corrected chi connectivity index (χ0v) is 20.8. The number of anilines is 1. The van der Waals surface area contributed by atoms with E-state index in [-0.39, 0.29) is 10.8 Å². The first-order valence-corrected chi connectivity index (χ1v) is 13.8. The van der Waals surface area contributed by atoms with Crippen molar-refractivity contribution in [3.8, 4) is 0 Å². The van der Waals surface area contributed by atoms with Gasteiger partial charge in [-0.25, -0.2) is 4.18 Å². The molecule has 0 aliphatic carbocycles. The highest BCUT2D eigenvalue weighted by atomic mass is 32.2. The van der Waals surface area contributed by atoms with Crippen LogP contribution in [0.2, 0.25) is 0 Å². The molecule has 2 aromatic carbocycles. The van der Waals surface area contributed by atoms with Crippen molar-refractivity contribution in [2.24, 2.45) is 0 Å². The number of para-hydroxylation sites is 1. The highest BCUT2D eigenvalue weighted by molar-refractivity contribution is 8.21. The summed E-state index contributed by atoms with van der Waals surface area (Å²) in [5, 5.41) is 0.780. The molecule has 10 heteroatoms. The van der Waals surface area contributed by atoms with Crippen LogP contribution in [0.25, 0.3) is 0 Å². The van der Waals surface area contributed by atoms with Crippen LogP contribution < -0.4 is 4.90 Å².